The zero-order chi connectivity index (χ0) is 22.1. The smallest absolute Gasteiger partial charge is 0.410 e. The van der Waals surface area contributed by atoms with E-state index in [-0.39, 0.29) is 17.8 Å². The first-order valence-electron chi connectivity index (χ1n) is 9.62. The van der Waals surface area contributed by atoms with Gasteiger partial charge in [0.2, 0.25) is 0 Å². The highest BCUT2D eigenvalue weighted by molar-refractivity contribution is 6.07. The van der Waals surface area contributed by atoms with E-state index in [2.05, 4.69) is 10.4 Å². The molecule has 0 spiro atoms. The van der Waals surface area contributed by atoms with Crippen LogP contribution >= 0.6 is 0 Å². The van der Waals surface area contributed by atoms with Gasteiger partial charge in [0.25, 0.3) is 5.91 Å². The number of anilines is 1. The Bertz CT molecular complexity index is 990. The van der Waals surface area contributed by atoms with Crippen molar-refractivity contribution < 1.29 is 23.9 Å². The molecule has 0 atom stereocenters. The largest absolute Gasteiger partial charge is 0.465 e. The van der Waals surface area contributed by atoms with Gasteiger partial charge in [-0.25, -0.2) is 9.59 Å². The zero-order valence-electron chi connectivity index (χ0n) is 17.8. The number of carbonyl (C=O) groups excluding carboxylic acids is 3. The topological polar surface area (TPSA) is 103 Å². The normalized spacial score (nSPS) is 13.4. The van der Waals surface area contributed by atoms with Crippen molar-refractivity contribution in [3.63, 3.8) is 0 Å². The van der Waals surface area contributed by atoms with E-state index in [9.17, 15) is 14.4 Å². The van der Waals surface area contributed by atoms with Gasteiger partial charge in [-0.05, 0) is 32.9 Å². The molecule has 0 saturated carbocycles. The Kier molecular flexibility index (Phi) is 5.82. The van der Waals surface area contributed by atoms with Crippen LogP contribution in [0.2, 0.25) is 0 Å². The third kappa shape index (κ3) is 4.45. The van der Waals surface area contributed by atoms with Crippen molar-refractivity contribution in [3.8, 4) is 0 Å². The van der Waals surface area contributed by atoms with E-state index in [0.717, 1.165) is 5.69 Å². The Morgan fingerprint density at radius 2 is 1.87 bits per heavy atom. The quantitative estimate of drug-likeness (QED) is 0.775. The van der Waals surface area contributed by atoms with Gasteiger partial charge in [0, 0.05) is 31.3 Å². The number of para-hydroxylation sites is 1. The summed E-state index contributed by atoms with van der Waals surface area (Å²) in [6.45, 7) is 6.12. The average Bonchev–Trinajstić information content (AvgIpc) is 3.02. The summed E-state index contributed by atoms with van der Waals surface area (Å²) in [5.74, 6) is -1.01. The molecule has 1 aliphatic heterocycles. The minimum Gasteiger partial charge on any atom is -0.465 e. The lowest BCUT2D eigenvalue weighted by atomic mass is 10.0. The van der Waals surface area contributed by atoms with Crippen molar-refractivity contribution in [1.82, 2.24) is 14.7 Å². The van der Waals surface area contributed by atoms with Crippen LogP contribution in [0.3, 0.4) is 0 Å². The zero-order valence-corrected chi connectivity index (χ0v) is 17.8. The van der Waals surface area contributed by atoms with E-state index >= 15 is 0 Å². The lowest BCUT2D eigenvalue weighted by Gasteiger charge is -2.30. The van der Waals surface area contributed by atoms with Gasteiger partial charge in [0.15, 0.2) is 5.69 Å². The highest BCUT2D eigenvalue weighted by Crippen LogP contribution is 2.25. The van der Waals surface area contributed by atoms with Crippen molar-refractivity contribution in [2.24, 2.45) is 7.05 Å². The van der Waals surface area contributed by atoms with E-state index in [0.29, 0.717) is 24.2 Å². The Morgan fingerprint density at radius 3 is 2.53 bits per heavy atom. The molecule has 9 nitrogen and oxygen atoms in total. The number of hydrogen-bond donors (Lipinski definition) is 1. The molecule has 0 aliphatic carbocycles. The first kappa shape index (κ1) is 21.4. The maximum atomic E-state index is 13.0. The van der Waals surface area contributed by atoms with Crippen molar-refractivity contribution in [1.29, 1.82) is 0 Å². The molecule has 0 fully saturated rings. The van der Waals surface area contributed by atoms with E-state index in [1.165, 1.54) is 7.11 Å². The van der Waals surface area contributed by atoms with Crippen LogP contribution in [0.1, 0.15) is 52.9 Å². The van der Waals surface area contributed by atoms with Crippen molar-refractivity contribution in [3.05, 3.63) is 46.8 Å². The summed E-state index contributed by atoms with van der Waals surface area (Å²) >= 11 is 0. The molecular weight excluding hydrogens is 388 g/mol. The van der Waals surface area contributed by atoms with E-state index in [4.69, 9.17) is 9.47 Å². The number of esters is 1. The van der Waals surface area contributed by atoms with E-state index in [1.807, 2.05) is 20.8 Å². The molecule has 1 aromatic heterocycles. The number of fused-ring (bicyclic) bond motifs is 1. The number of methoxy groups -OCH3 is 1. The molecule has 1 aliphatic rings. The fourth-order valence-corrected chi connectivity index (χ4v) is 3.32. The molecule has 9 heteroatoms. The SMILES string of the molecule is COC(=O)c1ccccc1NC(=O)c1nn(C)c2c1CN(C(=O)OC(C)(C)C)CC2. The molecule has 30 heavy (non-hydrogen) atoms. The van der Waals surface area contributed by atoms with Crippen LogP contribution in [0.25, 0.3) is 0 Å². The highest BCUT2D eigenvalue weighted by atomic mass is 16.6. The number of aromatic nitrogens is 2. The monoisotopic (exact) mass is 414 g/mol. The van der Waals surface area contributed by atoms with Crippen LogP contribution in [0.4, 0.5) is 10.5 Å². The lowest BCUT2D eigenvalue weighted by Crippen LogP contribution is -2.40. The predicted molar refractivity (Wildman–Crippen MR) is 109 cm³/mol. The number of benzene rings is 1. The number of nitrogens with one attached hydrogen (secondary N) is 1. The number of carbonyl (C=O) groups is 3. The summed E-state index contributed by atoms with van der Waals surface area (Å²) in [5.41, 5.74) is 1.73. The summed E-state index contributed by atoms with van der Waals surface area (Å²) in [6.07, 6.45) is 0.129. The maximum Gasteiger partial charge on any atom is 0.410 e. The molecule has 0 saturated heterocycles. The third-order valence-corrected chi connectivity index (χ3v) is 4.69. The molecule has 0 unspecified atom stereocenters. The van der Waals surface area contributed by atoms with Crippen molar-refractivity contribution >= 4 is 23.7 Å². The first-order valence-corrected chi connectivity index (χ1v) is 9.62. The van der Waals surface area contributed by atoms with Crippen molar-refractivity contribution in [2.75, 3.05) is 19.0 Å². The second-order valence-corrected chi connectivity index (χ2v) is 8.04. The van der Waals surface area contributed by atoms with Crippen LogP contribution in [0.5, 0.6) is 0 Å². The molecule has 0 bridgehead atoms. The van der Waals surface area contributed by atoms with Crippen LogP contribution in [0, 0.1) is 0 Å². The summed E-state index contributed by atoms with van der Waals surface area (Å²) in [5, 5.41) is 7.10. The standard InChI is InChI=1S/C21H26N4O5/c1-21(2,3)30-20(28)25-11-10-16-14(12-25)17(23-24(16)4)18(26)22-15-9-7-6-8-13(15)19(27)29-5/h6-9H,10-12H2,1-5H3,(H,22,26). The molecule has 0 radical (unpaired) electrons. The van der Waals surface area contributed by atoms with Gasteiger partial charge < -0.3 is 19.7 Å². The minimum atomic E-state index is -0.607. The van der Waals surface area contributed by atoms with Gasteiger partial charge in [-0.15, -0.1) is 0 Å². The third-order valence-electron chi connectivity index (χ3n) is 4.69. The fourth-order valence-electron chi connectivity index (χ4n) is 3.32. The molecule has 2 aromatic rings. The summed E-state index contributed by atoms with van der Waals surface area (Å²) in [7, 11) is 3.04. The Balaban J connectivity index is 1.85. The van der Waals surface area contributed by atoms with Gasteiger partial charge >= 0.3 is 12.1 Å². The summed E-state index contributed by atoms with van der Waals surface area (Å²) in [4.78, 5) is 39.0. The van der Waals surface area contributed by atoms with Gasteiger partial charge in [-0.2, -0.15) is 5.10 Å². The van der Waals surface area contributed by atoms with Gasteiger partial charge in [-0.1, -0.05) is 12.1 Å². The summed E-state index contributed by atoms with van der Waals surface area (Å²) in [6, 6.07) is 6.58. The molecule has 160 valence electrons. The summed E-state index contributed by atoms with van der Waals surface area (Å²) < 4.78 is 11.9. The highest BCUT2D eigenvalue weighted by Gasteiger charge is 2.31. The van der Waals surface area contributed by atoms with Crippen LogP contribution in [-0.2, 0) is 29.5 Å². The van der Waals surface area contributed by atoms with Gasteiger partial charge in [-0.3, -0.25) is 9.48 Å². The first-order chi connectivity index (χ1) is 14.1. The number of amides is 2. The van der Waals surface area contributed by atoms with E-state index in [1.54, 1.807) is 40.9 Å². The van der Waals surface area contributed by atoms with Crippen molar-refractivity contribution in [2.45, 2.75) is 39.3 Å². The number of rotatable bonds is 3. The average molecular weight is 414 g/mol. The predicted octanol–water partition coefficient (Wildman–Crippen LogP) is 2.75. The molecule has 3 rings (SSSR count). The molecule has 1 aromatic carbocycles. The molecule has 1 N–H and O–H groups in total. The molecule has 2 amide bonds. The second-order valence-electron chi connectivity index (χ2n) is 8.04. The number of nitrogens with zero attached hydrogens (tertiary/aromatic N) is 3. The van der Waals surface area contributed by atoms with E-state index < -0.39 is 23.6 Å². The number of hydrogen-bond acceptors (Lipinski definition) is 6. The Labute approximate surface area is 174 Å². The number of ether oxygens (including phenoxy) is 2. The Morgan fingerprint density at radius 1 is 1.17 bits per heavy atom. The van der Waals surface area contributed by atoms with Gasteiger partial charge in [0.1, 0.15) is 5.60 Å². The number of aryl methyl sites for hydroxylation is 1. The Hall–Kier alpha value is -3.36. The van der Waals surface area contributed by atoms with Gasteiger partial charge in [0.05, 0.1) is 24.9 Å². The fraction of sp³-hybridized carbons (Fsp3) is 0.429. The van der Waals surface area contributed by atoms with Crippen LogP contribution in [0.15, 0.2) is 24.3 Å². The minimum absolute atomic E-state index is 0.209. The van der Waals surface area contributed by atoms with Crippen LogP contribution in [-0.4, -0.2) is 51.9 Å². The second kappa shape index (κ2) is 8.17. The lowest BCUT2D eigenvalue weighted by molar-refractivity contribution is 0.0221. The molecule has 2 heterocycles. The van der Waals surface area contributed by atoms with Crippen LogP contribution < -0.4 is 5.32 Å². The molecular formula is C21H26N4O5. The maximum absolute atomic E-state index is 13.0.